The lowest BCUT2D eigenvalue weighted by Crippen LogP contribution is -2.37. The number of nitrogens with zero attached hydrogens (tertiary/aromatic N) is 1. The number of amides is 1. The minimum atomic E-state index is -0.881. The van der Waals surface area contributed by atoms with Crippen LogP contribution < -0.4 is 0 Å². The molecular formula is C13H16FNO2. The van der Waals surface area contributed by atoms with Crippen LogP contribution in [0, 0.1) is 12.7 Å². The Balaban J connectivity index is 2.13. The summed E-state index contributed by atoms with van der Waals surface area (Å²) in [5, 5.41) is 8.86. The van der Waals surface area contributed by atoms with E-state index in [0.29, 0.717) is 25.9 Å². The Kier molecular flexibility index (Phi) is 3.31. The van der Waals surface area contributed by atoms with Crippen molar-refractivity contribution in [3.05, 3.63) is 35.1 Å². The average Bonchev–Trinajstić information content (AvgIpc) is 2.29. The van der Waals surface area contributed by atoms with Crippen LogP contribution in [0.15, 0.2) is 18.2 Å². The number of benzene rings is 1. The molecule has 3 nitrogen and oxygen atoms in total. The molecule has 92 valence electrons. The Morgan fingerprint density at radius 3 is 2.59 bits per heavy atom. The van der Waals surface area contributed by atoms with Gasteiger partial charge < -0.3 is 10.0 Å². The number of hydrogen-bond acceptors (Lipinski definition) is 1. The molecule has 0 atom stereocenters. The highest BCUT2D eigenvalue weighted by Gasteiger charge is 2.25. The van der Waals surface area contributed by atoms with E-state index in [1.54, 1.807) is 6.07 Å². The average molecular weight is 237 g/mol. The molecule has 17 heavy (non-hydrogen) atoms. The summed E-state index contributed by atoms with van der Waals surface area (Å²) >= 11 is 0. The first-order valence-corrected chi connectivity index (χ1v) is 5.82. The van der Waals surface area contributed by atoms with E-state index in [9.17, 15) is 9.18 Å². The maximum Gasteiger partial charge on any atom is 0.407 e. The van der Waals surface area contributed by atoms with Crippen LogP contribution in [0.5, 0.6) is 0 Å². The molecule has 1 aliphatic rings. The molecule has 1 N–H and O–H groups in total. The van der Waals surface area contributed by atoms with Crippen molar-refractivity contribution in [3.63, 3.8) is 0 Å². The van der Waals surface area contributed by atoms with E-state index in [-0.39, 0.29) is 11.7 Å². The molecule has 1 aliphatic heterocycles. The lowest BCUT2D eigenvalue weighted by atomic mass is 9.86. The normalized spacial score (nSPS) is 17.2. The third kappa shape index (κ3) is 2.40. The minimum Gasteiger partial charge on any atom is -0.465 e. The molecule has 1 aromatic rings. The Morgan fingerprint density at radius 2 is 2.06 bits per heavy atom. The van der Waals surface area contributed by atoms with Crippen molar-refractivity contribution in [1.82, 2.24) is 4.90 Å². The van der Waals surface area contributed by atoms with Crippen LogP contribution in [0.4, 0.5) is 9.18 Å². The fourth-order valence-corrected chi connectivity index (χ4v) is 2.52. The largest absolute Gasteiger partial charge is 0.465 e. The molecule has 4 heteroatoms. The first-order chi connectivity index (χ1) is 8.09. The Bertz CT molecular complexity index is 405. The van der Waals surface area contributed by atoms with Gasteiger partial charge >= 0.3 is 6.09 Å². The fraction of sp³-hybridized carbons (Fsp3) is 0.462. The summed E-state index contributed by atoms with van der Waals surface area (Å²) < 4.78 is 13.8. The minimum absolute atomic E-state index is 0.145. The van der Waals surface area contributed by atoms with E-state index in [1.807, 2.05) is 13.0 Å². The van der Waals surface area contributed by atoms with Crippen molar-refractivity contribution in [2.45, 2.75) is 25.7 Å². The summed E-state index contributed by atoms with van der Waals surface area (Å²) in [5.41, 5.74) is 1.72. The Morgan fingerprint density at radius 1 is 1.41 bits per heavy atom. The van der Waals surface area contributed by atoms with Gasteiger partial charge in [0.15, 0.2) is 0 Å². The van der Waals surface area contributed by atoms with Crippen LogP contribution in [-0.2, 0) is 0 Å². The van der Waals surface area contributed by atoms with Crippen LogP contribution in [0.1, 0.15) is 29.9 Å². The van der Waals surface area contributed by atoms with Gasteiger partial charge in [-0.1, -0.05) is 12.1 Å². The Labute approximate surface area is 99.9 Å². The monoisotopic (exact) mass is 237 g/mol. The predicted octanol–water partition coefficient (Wildman–Crippen LogP) is 2.99. The fourth-order valence-electron chi connectivity index (χ4n) is 2.52. The standard InChI is InChI=1S/C13H16FNO2/c1-9-3-2-4-11(14)12(9)10-5-7-15(8-6-10)13(16)17/h2-4,10H,5-8H2,1H3,(H,16,17). The van der Waals surface area contributed by atoms with Gasteiger partial charge in [0.25, 0.3) is 0 Å². The zero-order chi connectivity index (χ0) is 12.4. The van der Waals surface area contributed by atoms with E-state index in [0.717, 1.165) is 11.1 Å². The zero-order valence-electron chi connectivity index (χ0n) is 9.82. The Hall–Kier alpha value is -1.58. The molecule has 1 amide bonds. The molecule has 0 aromatic heterocycles. The zero-order valence-corrected chi connectivity index (χ0v) is 9.82. The molecule has 0 unspecified atom stereocenters. The third-order valence-corrected chi connectivity index (χ3v) is 3.44. The molecule has 1 fully saturated rings. The second-order valence-electron chi connectivity index (χ2n) is 4.51. The van der Waals surface area contributed by atoms with Gasteiger partial charge in [0.05, 0.1) is 0 Å². The molecule has 1 aromatic carbocycles. The lowest BCUT2D eigenvalue weighted by Gasteiger charge is -2.31. The van der Waals surface area contributed by atoms with Gasteiger partial charge in [0, 0.05) is 13.1 Å². The van der Waals surface area contributed by atoms with Crippen molar-refractivity contribution in [2.75, 3.05) is 13.1 Å². The lowest BCUT2D eigenvalue weighted by molar-refractivity contribution is 0.132. The van der Waals surface area contributed by atoms with Crippen LogP contribution in [0.3, 0.4) is 0 Å². The molecule has 1 heterocycles. The van der Waals surface area contributed by atoms with Gasteiger partial charge in [-0.15, -0.1) is 0 Å². The number of likely N-dealkylation sites (tertiary alicyclic amines) is 1. The number of aryl methyl sites for hydroxylation is 1. The maximum absolute atomic E-state index is 13.8. The number of piperidine rings is 1. The van der Waals surface area contributed by atoms with Crippen molar-refractivity contribution in [3.8, 4) is 0 Å². The number of hydrogen-bond donors (Lipinski definition) is 1. The van der Waals surface area contributed by atoms with Gasteiger partial charge in [0.2, 0.25) is 0 Å². The summed E-state index contributed by atoms with van der Waals surface area (Å²) in [7, 11) is 0. The highest BCUT2D eigenvalue weighted by atomic mass is 19.1. The highest BCUT2D eigenvalue weighted by Crippen LogP contribution is 2.31. The molecule has 0 aliphatic carbocycles. The molecule has 2 rings (SSSR count). The number of carbonyl (C=O) groups is 1. The molecule has 0 bridgehead atoms. The second kappa shape index (κ2) is 4.73. The third-order valence-electron chi connectivity index (χ3n) is 3.44. The van der Waals surface area contributed by atoms with E-state index < -0.39 is 6.09 Å². The van der Waals surface area contributed by atoms with Gasteiger partial charge in [-0.3, -0.25) is 0 Å². The van der Waals surface area contributed by atoms with Crippen LogP contribution in [0.25, 0.3) is 0 Å². The maximum atomic E-state index is 13.8. The number of carboxylic acid groups (broad SMARTS) is 1. The van der Waals surface area contributed by atoms with E-state index in [1.165, 1.54) is 11.0 Å². The first-order valence-electron chi connectivity index (χ1n) is 5.82. The van der Waals surface area contributed by atoms with Gasteiger partial charge in [-0.2, -0.15) is 0 Å². The van der Waals surface area contributed by atoms with Crippen molar-refractivity contribution >= 4 is 6.09 Å². The van der Waals surface area contributed by atoms with Crippen LogP contribution >= 0.6 is 0 Å². The van der Waals surface area contributed by atoms with E-state index in [4.69, 9.17) is 5.11 Å². The number of rotatable bonds is 1. The molecule has 0 radical (unpaired) electrons. The SMILES string of the molecule is Cc1cccc(F)c1C1CCN(C(=O)O)CC1. The molecule has 0 spiro atoms. The first kappa shape index (κ1) is 11.9. The van der Waals surface area contributed by atoms with Gasteiger partial charge in [-0.05, 0) is 42.9 Å². The smallest absolute Gasteiger partial charge is 0.407 e. The summed E-state index contributed by atoms with van der Waals surface area (Å²) in [6.07, 6.45) is 0.524. The summed E-state index contributed by atoms with van der Waals surface area (Å²) in [6.45, 7) is 2.89. The van der Waals surface area contributed by atoms with Crippen molar-refractivity contribution < 1.29 is 14.3 Å². The number of halogens is 1. The van der Waals surface area contributed by atoms with Gasteiger partial charge in [0.1, 0.15) is 5.82 Å². The van der Waals surface area contributed by atoms with Crippen molar-refractivity contribution in [1.29, 1.82) is 0 Å². The van der Waals surface area contributed by atoms with Crippen LogP contribution in [-0.4, -0.2) is 29.2 Å². The summed E-state index contributed by atoms with van der Waals surface area (Å²) in [4.78, 5) is 12.2. The summed E-state index contributed by atoms with van der Waals surface area (Å²) in [6, 6.07) is 5.09. The van der Waals surface area contributed by atoms with Gasteiger partial charge in [-0.25, -0.2) is 9.18 Å². The highest BCUT2D eigenvalue weighted by molar-refractivity contribution is 5.65. The molecular weight excluding hydrogens is 221 g/mol. The predicted molar refractivity (Wildman–Crippen MR) is 62.7 cm³/mol. The van der Waals surface area contributed by atoms with Crippen molar-refractivity contribution in [2.24, 2.45) is 0 Å². The van der Waals surface area contributed by atoms with E-state index >= 15 is 0 Å². The van der Waals surface area contributed by atoms with Crippen LogP contribution in [0.2, 0.25) is 0 Å². The quantitative estimate of drug-likeness (QED) is 0.815. The molecule has 0 saturated carbocycles. The van der Waals surface area contributed by atoms with E-state index in [2.05, 4.69) is 0 Å². The summed E-state index contributed by atoms with van der Waals surface area (Å²) in [5.74, 6) is -0.0226. The second-order valence-corrected chi connectivity index (χ2v) is 4.51. The molecule has 1 saturated heterocycles. The topological polar surface area (TPSA) is 40.5 Å².